The van der Waals surface area contributed by atoms with E-state index in [1.54, 1.807) is 10.9 Å². The normalized spacial score (nSPS) is 23.8. The second kappa shape index (κ2) is 4.87. The number of anilines is 1. The van der Waals surface area contributed by atoms with E-state index in [-0.39, 0.29) is 18.2 Å². The van der Waals surface area contributed by atoms with Crippen molar-refractivity contribution in [2.75, 3.05) is 18.0 Å². The van der Waals surface area contributed by atoms with Gasteiger partial charge in [-0.1, -0.05) is 0 Å². The van der Waals surface area contributed by atoms with Crippen molar-refractivity contribution in [2.24, 2.45) is 5.41 Å². The number of imide groups is 1. The predicted molar refractivity (Wildman–Crippen MR) is 80.9 cm³/mol. The summed E-state index contributed by atoms with van der Waals surface area (Å²) in [7, 11) is 0. The van der Waals surface area contributed by atoms with E-state index < -0.39 is 5.41 Å². The zero-order valence-corrected chi connectivity index (χ0v) is 12.7. The minimum Gasteiger partial charge on any atom is -0.355 e. The Balaban J connectivity index is 1.65. The van der Waals surface area contributed by atoms with Crippen molar-refractivity contribution in [3.05, 3.63) is 30.4 Å². The molecule has 0 saturated carbocycles. The number of hydrogen-bond acceptors (Lipinski definition) is 6. The van der Waals surface area contributed by atoms with E-state index >= 15 is 0 Å². The number of carbonyl (C=O) groups is 2. The molecule has 2 amide bonds. The lowest BCUT2D eigenvalue weighted by molar-refractivity contribution is -0.127. The molecule has 2 aliphatic rings. The Labute approximate surface area is 132 Å². The van der Waals surface area contributed by atoms with Crippen LogP contribution in [-0.4, -0.2) is 44.7 Å². The van der Waals surface area contributed by atoms with Crippen molar-refractivity contribution in [3.8, 4) is 5.82 Å². The summed E-state index contributed by atoms with van der Waals surface area (Å²) in [6.45, 7) is 3.02. The van der Waals surface area contributed by atoms with Crippen LogP contribution < -0.4 is 10.2 Å². The van der Waals surface area contributed by atoms with E-state index in [0.717, 1.165) is 5.82 Å². The van der Waals surface area contributed by atoms with E-state index in [1.807, 2.05) is 30.2 Å². The SMILES string of the molecule is Cc1nc(N2CC[C@]3(CC(=O)NC3=O)C2)cc(-n2cccn2)n1. The lowest BCUT2D eigenvalue weighted by atomic mass is 9.85. The van der Waals surface area contributed by atoms with Gasteiger partial charge in [0.15, 0.2) is 5.82 Å². The van der Waals surface area contributed by atoms with Crippen LogP contribution in [0.2, 0.25) is 0 Å². The Morgan fingerprint density at radius 3 is 2.78 bits per heavy atom. The zero-order valence-electron chi connectivity index (χ0n) is 12.7. The van der Waals surface area contributed by atoms with Gasteiger partial charge in [0.05, 0.1) is 5.41 Å². The molecule has 2 fully saturated rings. The van der Waals surface area contributed by atoms with Gasteiger partial charge in [0.25, 0.3) is 0 Å². The molecule has 0 aromatic carbocycles. The van der Waals surface area contributed by atoms with Crippen molar-refractivity contribution in [1.82, 2.24) is 25.1 Å². The second-order valence-electron chi connectivity index (χ2n) is 6.09. The Kier molecular flexibility index (Phi) is 2.93. The standard InChI is InChI=1S/C15H16N6O2/c1-10-17-11(7-12(18-10)21-5-2-4-16-21)20-6-3-15(9-20)8-13(22)19-14(15)23/h2,4-5,7H,3,6,8-9H2,1H3,(H,19,22,23)/t15-/m0/s1. The van der Waals surface area contributed by atoms with Crippen LogP contribution in [-0.2, 0) is 9.59 Å². The van der Waals surface area contributed by atoms with Crippen LogP contribution in [0.15, 0.2) is 24.5 Å². The molecule has 118 valence electrons. The number of nitrogens with one attached hydrogen (secondary N) is 1. The first-order valence-corrected chi connectivity index (χ1v) is 7.51. The van der Waals surface area contributed by atoms with Gasteiger partial charge >= 0.3 is 0 Å². The molecule has 0 bridgehead atoms. The molecular formula is C15H16N6O2. The highest BCUT2D eigenvalue weighted by atomic mass is 16.2. The second-order valence-corrected chi connectivity index (χ2v) is 6.09. The van der Waals surface area contributed by atoms with Crippen molar-refractivity contribution in [3.63, 3.8) is 0 Å². The van der Waals surface area contributed by atoms with Crippen LogP contribution in [0.5, 0.6) is 0 Å². The fraction of sp³-hybridized carbons (Fsp3) is 0.400. The van der Waals surface area contributed by atoms with Gasteiger partial charge in [0, 0.05) is 38.0 Å². The third-order valence-electron chi connectivity index (χ3n) is 4.46. The van der Waals surface area contributed by atoms with E-state index in [4.69, 9.17) is 0 Å². The molecule has 0 aliphatic carbocycles. The molecule has 1 spiro atoms. The van der Waals surface area contributed by atoms with Crippen LogP contribution >= 0.6 is 0 Å². The molecule has 8 heteroatoms. The van der Waals surface area contributed by atoms with Crippen LogP contribution in [0, 0.1) is 12.3 Å². The van der Waals surface area contributed by atoms with Crippen LogP contribution in [0.4, 0.5) is 5.82 Å². The molecule has 2 aliphatic heterocycles. The Bertz CT molecular complexity index is 787. The molecule has 0 unspecified atom stereocenters. The molecule has 4 rings (SSSR count). The summed E-state index contributed by atoms with van der Waals surface area (Å²) in [5.74, 6) is 1.73. The molecule has 2 aromatic heterocycles. The molecule has 1 N–H and O–H groups in total. The molecule has 2 aromatic rings. The zero-order chi connectivity index (χ0) is 16.0. The van der Waals surface area contributed by atoms with Gasteiger partial charge < -0.3 is 4.90 Å². The predicted octanol–water partition coefficient (Wildman–Crippen LogP) is 0.214. The van der Waals surface area contributed by atoms with Crippen molar-refractivity contribution in [2.45, 2.75) is 19.8 Å². The molecule has 8 nitrogen and oxygen atoms in total. The Hall–Kier alpha value is -2.77. The van der Waals surface area contributed by atoms with E-state index in [2.05, 4.69) is 20.4 Å². The lowest BCUT2D eigenvalue weighted by Crippen LogP contribution is -2.34. The first-order valence-electron chi connectivity index (χ1n) is 7.51. The van der Waals surface area contributed by atoms with E-state index in [0.29, 0.717) is 31.2 Å². The minimum absolute atomic E-state index is 0.164. The number of aryl methyl sites for hydroxylation is 1. The van der Waals surface area contributed by atoms with Gasteiger partial charge in [-0.25, -0.2) is 14.6 Å². The average molecular weight is 312 g/mol. The Morgan fingerprint density at radius 2 is 2.09 bits per heavy atom. The van der Waals surface area contributed by atoms with Gasteiger partial charge in [-0.2, -0.15) is 5.10 Å². The molecule has 2 saturated heterocycles. The highest BCUT2D eigenvalue weighted by Crippen LogP contribution is 2.39. The van der Waals surface area contributed by atoms with E-state index in [9.17, 15) is 9.59 Å². The largest absolute Gasteiger partial charge is 0.355 e. The first-order chi connectivity index (χ1) is 11.1. The van der Waals surface area contributed by atoms with E-state index in [1.165, 1.54) is 0 Å². The topological polar surface area (TPSA) is 93.0 Å². The van der Waals surface area contributed by atoms with Gasteiger partial charge in [-0.05, 0) is 19.4 Å². The molecular weight excluding hydrogens is 296 g/mol. The molecule has 4 heterocycles. The third kappa shape index (κ3) is 2.26. The fourth-order valence-corrected chi connectivity index (χ4v) is 3.31. The van der Waals surface area contributed by atoms with Gasteiger partial charge in [0.1, 0.15) is 11.6 Å². The number of carbonyl (C=O) groups excluding carboxylic acids is 2. The summed E-state index contributed by atoms with van der Waals surface area (Å²) in [6.07, 6.45) is 4.43. The lowest BCUT2D eigenvalue weighted by Gasteiger charge is -2.21. The fourth-order valence-electron chi connectivity index (χ4n) is 3.31. The van der Waals surface area contributed by atoms with Crippen LogP contribution in [0.25, 0.3) is 5.82 Å². The van der Waals surface area contributed by atoms with Crippen LogP contribution in [0.1, 0.15) is 18.7 Å². The smallest absolute Gasteiger partial charge is 0.235 e. The quantitative estimate of drug-likeness (QED) is 0.797. The number of hydrogen-bond donors (Lipinski definition) is 1. The van der Waals surface area contributed by atoms with Gasteiger partial charge in [-0.15, -0.1) is 0 Å². The molecule has 1 atom stereocenters. The summed E-state index contributed by atoms with van der Waals surface area (Å²) >= 11 is 0. The average Bonchev–Trinajstić information content (AvgIpc) is 3.21. The van der Waals surface area contributed by atoms with Crippen molar-refractivity contribution < 1.29 is 9.59 Å². The van der Waals surface area contributed by atoms with Gasteiger partial charge in [0.2, 0.25) is 11.8 Å². The highest BCUT2D eigenvalue weighted by Gasteiger charge is 2.51. The van der Waals surface area contributed by atoms with Gasteiger partial charge in [-0.3, -0.25) is 14.9 Å². The molecule has 0 radical (unpaired) electrons. The maximum atomic E-state index is 12.1. The minimum atomic E-state index is -0.609. The highest BCUT2D eigenvalue weighted by molar-refractivity contribution is 6.06. The number of nitrogens with zero attached hydrogens (tertiary/aromatic N) is 5. The number of amides is 2. The Morgan fingerprint density at radius 1 is 1.26 bits per heavy atom. The monoisotopic (exact) mass is 312 g/mol. The maximum absolute atomic E-state index is 12.1. The third-order valence-corrected chi connectivity index (χ3v) is 4.46. The molecule has 23 heavy (non-hydrogen) atoms. The van der Waals surface area contributed by atoms with Crippen LogP contribution in [0.3, 0.4) is 0 Å². The summed E-state index contributed by atoms with van der Waals surface area (Å²) in [5.41, 5.74) is -0.609. The number of aromatic nitrogens is 4. The summed E-state index contributed by atoms with van der Waals surface area (Å²) < 4.78 is 1.68. The summed E-state index contributed by atoms with van der Waals surface area (Å²) in [5, 5.41) is 6.60. The maximum Gasteiger partial charge on any atom is 0.235 e. The van der Waals surface area contributed by atoms with Crippen molar-refractivity contribution in [1.29, 1.82) is 0 Å². The first kappa shape index (κ1) is 13.9. The van der Waals surface area contributed by atoms with Crippen molar-refractivity contribution >= 4 is 17.6 Å². The number of rotatable bonds is 2. The summed E-state index contributed by atoms with van der Waals surface area (Å²) in [6, 6.07) is 3.68. The summed E-state index contributed by atoms with van der Waals surface area (Å²) in [4.78, 5) is 34.6.